The van der Waals surface area contributed by atoms with Crippen molar-refractivity contribution in [2.45, 2.75) is 232 Å². The number of rotatable bonds is 45. The lowest BCUT2D eigenvalue weighted by atomic mass is 10.1. The molecule has 0 aromatic heterocycles. The van der Waals surface area contributed by atoms with Gasteiger partial charge >= 0.3 is 17.9 Å². The monoisotopic (exact) mass is 875 g/mol. The zero-order valence-electron chi connectivity index (χ0n) is 40.8. The van der Waals surface area contributed by atoms with Crippen molar-refractivity contribution in [3.8, 4) is 0 Å². The van der Waals surface area contributed by atoms with Crippen molar-refractivity contribution in [2.24, 2.45) is 0 Å². The summed E-state index contributed by atoms with van der Waals surface area (Å²) < 4.78 is 16.6. The Labute approximate surface area is 387 Å². The van der Waals surface area contributed by atoms with E-state index < -0.39 is 6.10 Å². The molecule has 0 aliphatic carbocycles. The first-order valence-electron chi connectivity index (χ1n) is 25.7. The molecule has 0 aliphatic rings. The Hall–Kier alpha value is -3.67. The molecule has 6 nitrogen and oxygen atoms in total. The zero-order chi connectivity index (χ0) is 45.8. The van der Waals surface area contributed by atoms with Crippen LogP contribution in [0.2, 0.25) is 0 Å². The van der Waals surface area contributed by atoms with Gasteiger partial charge in [-0.05, 0) is 96.3 Å². The largest absolute Gasteiger partial charge is 0.462 e. The average molecular weight is 875 g/mol. The van der Waals surface area contributed by atoms with E-state index in [1.54, 1.807) is 0 Å². The van der Waals surface area contributed by atoms with Crippen molar-refractivity contribution in [1.82, 2.24) is 0 Å². The van der Waals surface area contributed by atoms with Crippen LogP contribution in [0.3, 0.4) is 0 Å². The summed E-state index contributed by atoms with van der Waals surface area (Å²) in [5.74, 6) is -0.990. The van der Waals surface area contributed by atoms with E-state index in [4.69, 9.17) is 14.2 Å². The molecule has 0 heterocycles. The molecule has 0 aliphatic heterocycles. The van der Waals surface area contributed by atoms with Crippen LogP contribution in [0.5, 0.6) is 0 Å². The molecular formula is C57H94O6. The maximum Gasteiger partial charge on any atom is 0.306 e. The van der Waals surface area contributed by atoms with Crippen molar-refractivity contribution >= 4 is 17.9 Å². The fourth-order valence-electron chi connectivity index (χ4n) is 6.72. The van der Waals surface area contributed by atoms with Gasteiger partial charge in [-0.1, -0.05) is 208 Å². The summed E-state index contributed by atoms with van der Waals surface area (Å²) in [6.07, 6.45) is 67.2. The third-order valence-corrected chi connectivity index (χ3v) is 10.6. The summed E-state index contributed by atoms with van der Waals surface area (Å²) in [5, 5.41) is 0. The van der Waals surface area contributed by atoms with Crippen LogP contribution in [0.15, 0.2) is 97.2 Å². The maximum atomic E-state index is 12.7. The second-order valence-corrected chi connectivity index (χ2v) is 16.7. The molecule has 1 atom stereocenters. The first kappa shape index (κ1) is 59.3. The van der Waals surface area contributed by atoms with Gasteiger partial charge in [0.05, 0.1) is 0 Å². The highest BCUT2D eigenvalue weighted by Gasteiger charge is 2.19. The minimum absolute atomic E-state index is 0.105. The van der Waals surface area contributed by atoms with Gasteiger partial charge in [-0.3, -0.25) is 14.4 Å². The number of unbranched alkanes of at least 4 members (excludes halogenated alkanes) is 18. The number of ether oxygens (including phenoxy) is 3. The van der Waals surface area contributed by atoms with E-state index in [1.165, 1.54) is 70.6 Å². The van der Waals surface area contributed by atoms with E-state index in [-0.39, 0.29) is 37.5 Å². The fourth-order valence-corrected chi connectivity index (χ4v) is 6.72. The molecule has 0 aromatic carbocycles. The molecule has 0 fully saturated rings. The lowest BCUT2D eigenvalue weighted by Gasteiger charge is -2.18. The van der Waals surface area contributed by atoms with E-state index in [2.05, 4.69) is 118 Å². The van der Waals surface area contributed by atoms with E-state index in [0.29, 0.717) is 19.3 Å². The molecule has 6 heteroatoms. The van der Waals surface area contributed by atoms with Crippen LogP contribution in [-0.4, -0.2) is 37.2 Å². The lowest BCUT2D eigenvalue weighted by molar-refractivity contribution is -0.167. The molecule has 0 spiro atoms. The molecule has 0 saturated heterocycles. The molecule has 0 N–H and O–H groups in total. The van der Waals surface area contributed by atoms with Gasteiger partial charge in [0, 0.05) is 19.3 Å². The van der Waals surface area contributed by atoms with Crippen LogP contribution >= 0.6 is 0 Å². The van der Waals surface area contributed by atoms with E-state index in [1.807, 2.05) is 0 Å². The van der Waals surface area contributed by atoms with Gasteiger partial charge < -0.3 is 14.2 Å². The Morgan fingerprint density at radius 1 is 0.333 bits per heavy atom. The minimum Gasteiger partial charge on any atom is -0.462 e. The number of allylic oxidation sites excluding steroid dienone is 16. The molecule has 0 aromatic rings. The summed E-state index contributed by atoms with van der Waals surface area (Å²) in [6.45, 7) is 6.36. The Morgan fingerprint density at radius 2 is 0.635 bits per heavy atom. The van der Waals surface area contributed by atoms with Crippen molar-refractivity contribution in [2.75, 3.05) is 13.2 Å². The summed E-state index contributed by atoms with van der Waals surface area (Å²) in [4.78, 5) is 37.6. The summed E-state index contributed by atoms with van der Waals surface area (Å²) >= 11 is 0. The SMILES string of the molecule is CC/C=C\C/C=C\C/C=C\C/C=C\C/C=C\CCCC(=O)OC(COC(=O)CCCCCCC)COC(=O)CCCCCCCCCC/C=C\C/C=C\C/C=C\CCCCCCC. The van der Waals surface area contributed by atoms with Gasteiger partial charge in [0.25, 0.3) is 0 Å². The molecule has 0 amide bonds. The van der Waals surface area contributed by atoms with Crippen molar-refractivity contribution in [3.05, 3.63) is 97.2 Å². The second-order valence-electron chi connectivity index (χ2n) is 16.7. The van der Waals surface area contributed by atoms with Gasteiger partial charge in [-0.2, -0.15) is 0 Å². The Balaban J connectivity index is 4.25. The molecule has 358 valence electrons. The highest BCUT2D eigenvalue weighted by molar-refractivity contribution is 5.71. The minimum atomic E-state index is -0.807. The van der Waals surface area contributed by atoms with Crippen LogP contribution in [0.25, 0.3) is 0 Å². The van der Waals surface area contributed by atoms with E-state index in [0.717, 1.165) is 109 Å². The fraction of sp³-hybridized carbons (Fsp3) is 0.667. The predicted molar refractivity (Wildman–Crippen MR) is 270 cm³/mol. The van der Waals surface area contributed by atoms with Crippen molar-refractivity contribution < 1.29 is 28.6 Å². The van der Waals surface area contributed by atoms with Crippen LogP contribution in [-0.2, 0) is 28.6 Å². The molecule has 1 unspecified atom stereocenters. The standard InChI is InChI=1S/C57H94O6/c1-4-7-10-13-15-17-19-21-23-25-26-27-28-29-30-32-33-35-37-39-41-44-47-50-56(59)62-53-54(52-61-55(58)49-46-43-12-9-6-3)63-57(60)51-48-45-42-40-38-36-34-31-24-22-20-18-16-14-11-8-5-2/h8,11,16,18-19,21-22,24-26,28-29,34,36,40,42,54H,4-7,9-10,12-15,17,20,23,27,30-33,35,37-39,41,43-53H2,1-3H3/b11-8-,18-16-,21-19-,24-22-,26-25-,29-28-,36-34-,42-40-. The summed E-state index contributed by atoms with van der Waals surface area (Å²) in [5.41, 5.74) is 0. The highest BCUT2D eigenvalue weighted by atomic mass is 16.6. The molecule has 0 rings (SSSR count). The van der Waals surface area contributed by atoms with E-state index >= 15 is 0 Å². The number of carbonyl (C=O) groups is 3. The molecule has 0 saturated carbocycles. The Kier molecular flexibility index (Phi) is 48.0. The average Bonchev–Trinajstić information content (AvgIpc) is 3.28. The topological polar surface area (TPSA) is 78.9 Å². The van der Waals surface area contributed by atoms with E-state index in [9.17, 15) is 14.4 Å². The second kappa shape index (κ2) is 51.0. The van der Waals surface area contributed by atoms with Crippen LogP contribution in [0.4, 0.5) is 0 Å². The number of esters is 3. The smallest absolute Gasteiger partial charge is 0.306 e. The van der Waals surface area contributed by atoms with Gasteiger partial charge in [0.1, 0.15) is 13.2 Å². The first-order valence-corrected chi connectivity index (χ1v) is 25.7. The van der Waals surface area contributed by atoms with Gasteiger partial charge in [0.2, 0.25) is 0 Å². The third kappa shape index (κ3) is 49.2. The number of hydrogen-bond acceptors (Lipinski definition) is 6. The quantitative estimate of drug-likeness (QED) is 0.0262. The van der Waals surface area contributed by atoms with Crippen molar-refractivity contribution in [3.63, 3.8) is 0 Å². The maximum absolute atomic E-state index is 12.7. The molecule has 63 heavy (non-hydrogen) atoms. The lowest BCUT2D eigenvalue weighted by Crippen LogP contribution is -2.30. The first-order chi connectivity index (χ1) is 31.0. The normalized spacial score (nSPS) is 12.9. The molecular weight excluding hydrogens is 781 g/mol. The Morgan fingerprint density at radius 3 is 1.02 bits per heavy atom. The van der Waals surface area contributed by atoms with Gasteiger partial charge in [-0.25, -0.2) is 0 Å². The summed E-state index contributed by atoms with van der Waals surface area (Å²) in [7, 11) is 0. The molecule has 0 bridgehead atoms. The Bertz CT molecular complexity index is 1280. The van der Waals surface area contributed by atoms with Gasteiger partial charge in [0.15, 0.2) is 6.10 Å². The highest BCUT2D eigenvalue weighted by Crippen LogP contribution is 2.13. The van der Waals surface area contributed by atoms with Gasteiger partial charge in [-0.15, -0.1) is 0 Å². The van der Waals surface area contributed by atoms with Crippen LogP contribution in [0, 0.1) is 0 Å². The predicted octanol–water partition coefficient (Wildman–Crippen LogP) is 17.0. The number of hydrogen-bond donors (Lipinski definition) is 0. The number of carbonyl (C=O) groups excluding carboxylic acids is 3. The van der Waals surface area contributed by atoms with Crippen LogP contribution in [0.1, 0.15) is 226 Å². The third-order valence-electron chi connectivity index (χ3n) is 10.6. The van der Waals surface area contributed by atoms with Crippen molar-refractivity contribution in [1.29, 1.82) is 0 Å². The van der Waals surface area contributed by atoms with Crippen LogP contribution < -0.4 is 0 Å². The molecule has 0 radical (unpaired) electrons. The zero-order valence-corrected chi connectivity index (χ0v) is 40.8. The summed E-state index contributed by atoms with van der Waals surface area (Å²) in [6, 6.07) is 0.